The van der Waals surface area contributed by atoms with Gasteiger partial charge in [0.15, 0.2) is 0 Å². The van der Waals surface area contributed by atoms with Gasteiger partial charge in [0.25, 0.3) is 8.53 Å². The van der Waals surface area contributed by atoms with E-state index in [1.807, 2.05) is 4.90 Å². The van der Waals surface area contributed by atoms with Gasteiger partial charge in [-0.2, -0.15) is 0 Å². The number of carbonyl (C=O) groups excluding carboxylic acids is 2. The molecule has 2 amide bonds. The molecule has 1 N–H and O–H groups in total. The summed E-state index contributed by atoms with van der Waals surface area (Å²) in [7, 11) is -1.33. The third-order valence-corrected chi connectivity index (χ3v) is 17.8. The second-order valence-corrected chi connectivity index (χ2v) is 22.1. The molecule has 5 rings (SSSR count). The first-order valence-corrected chi connectivity index (χ1v) is 24.8. The molecule has 1 aliphatic heterocycles. The zero-order valence-electron chi connectivity index (χ0n) is 38.4. The molecule has 6 unspecified atom stereocenters. The average molecular weight is 827 g/mol. The molecular formula is C48H83N4O5P. The van der Waals surface area contributed by atoms with Crippen molar-refractivity contribution in [2.75, 3.05) is 32.8 Å². The molecule has 330 valence electrons. The van der Waals surface area contributed by atoms with E-state index >= 15 is 0 Å². The Morgan fingerprint density at radius 3 is 2.43 bits per heavy atom. The van der Waals surface area contributed by atoms with Crippen LogP contribution in [0, 0.1) is 58.8 Å². The lowest BCUT2D eigenvalue weighted by molar-refractivity contribution is -0.130. The van der Waals surface area contributed by atoms with Crippen LogP contribution >= 0.6 is 8.53 Å². The Balaban J connectivity index is 0.998. The lowest BCUT2D eigenvalue weighted by Crippen LogP contribution is -2.51. The van der Waals surface area contributed by atoms with Gasteiger partial charge < -0.3 is 28.8 Å². The standard InChI is InChI=1S/C48H83N4O5P/c1-33(2)16-15-17-36(7)41-21-22-42-40-20-19-38-30-39(23-25-47(38,9)43(40)24-26-48(41,42)10)56-46(54)50-27-14-12-13-18-45(53)51-31-37(8)44(32-51)57-58(55-29-28-49-11)52(34(3)4)35(5)6/h19,33-37,39-44H,12-18,20-32H2,1-10H3,(H,50,54)/t36-,37?,39+,40?,41-,42?,43?,44?,47+,48-,58?/m1/s1. The summed E-state index contributed by atoms with van der Waals surface area (Å²) in [6.45, 7) is 32.8. The van der Waals surface area contributed by atoms with Crippen molar-refractivity contribution in [3.8, 4) is 0 Å². The number of unbranched alkanes of at least 4 members (excludes halogenated alkanes) is 2. The van der Waals surface area contributed by atoms with Crippen LogP contribution in [0.15, 0.2) is 11.6 Å². The van der Waals surface area contributed by atoms with Crippen LogP contribution in [-0.2, 0) is 18.6 Å². The monoisotopic (exact) mass is 827 g/mol. The van der Waals surface area contributed by atoms with Crippen molar-refractivity contribution in [1.82, 2.24) is 14.9 Å². The normalized spacial score (nSPS) is 33.1. The summed E-state index contributed by atoms with van der Waals surface area (Å²) in [6, 6.07) is 0.478. The van der Waals surface area contributed by atoms with Gasteiger partial charge in [0.2, 0.25) is 12.5 Å². The summed E-state index contributed by atoms with van der Waals surface area (Å²) in [5, 5.41) is 3.01. The Labute approximate surface area is 355 Å². The van der Waals surface area contributed by atoms with Crippen molar-refractivity contribution in [2.45, 2.75) is 190 Å². The molecule has 0 bridgehead atoms. The van der Waals surface area contributed by atoms with Crippen LogP contribution in [0.2, 0.25) is 0 Å². The lowest BCUT2D eigenvalue weighted by Gasteiger charge is -2.58. The van der Waals surface area contributed by atoms with E-state index in [0.29, 0.717) is 44.6 Å². The highest BCUT2D eigenvalue weighted by atomic mass is 31.2. The van der Waals surface area contributed by atoms with Gasteiger partial charge in [-0.1, -0.05) is 78.9 Å². The van der Waals surface area contributed by atoms with E-state index in [-0.39, 0.29) is 47.6 Å². The number of rotatable bonds is 20. The lowest BCUT2D eigenvalue weighted by atomic mass is 9.47. The summed E-state index contributed by atoms with van der Waals surface area (Å²) in [6.07, 6.45) is 19.1. The maximum absolute atomic E-state index is 13.2. The molecule has 0 aromatic carbocycles. The largest absolute Gasteiger partial charge is 0.446 e. The Bertz CT molecular complexity index is 1410. The number of nitrogens with one attached hydrogen (secondary N) is 1. The first-order valence-electron chi connectivity index (χ1n) is 23.7. The van der Waals surface area contributed by atoms with E-state index in [4.69, 9.17) is 20.4 Å². The van der Waals surface area contributed by atoms with E-state index in [9.17, 15) is 9.59 Å². The highest BCUT2D eigenvalue weighted by molar-refractivity contribution is 7.44. The van der Waals surface area contributed by atoms with E-state index < -0.39 is 8.53 Å². The minimum atomic E-state index is -1.33. The van der Waals surface area contributed by atoms with Gasteiger partial charge in [0.05, 0.1) is 6.10 Å². The summed E-state index contributed by atoms with van der Waals surface area (Å²) in [4.78, 5) is 31.5. The van der Waals surface area contributed by atoms with Gasteiger partial charge in [-0.05, 0) is 132 Å². The number of fused-ring (bicyclic) bond motifs is 5. The van der Waals surface area contributed by atoms with E-state index in [2.05, 4.69) is 90.1 Å². The Hall–Kier alpha value is -1.72. The van der Waals surface area contributed by atoms with Gasteiger partial charge in [-0.25, -0.2) is 16.0 Å². The number of hydrogen-bond acceptors (Lipinski definition) is 6. The predicted octanol–water partition coefficient (Wildman–Crippen LogP) is 11.8. The molecule has 5 aliphatic rings. The van der Waals surface area contributed by atoms with Crippen LogP contribution in [-0.4, -0.2) is 78.6 Å². The topological polar surface area (TPSA) is 84.7 Å². The summed E-state index contributed by atoms with van der Waals surface area (Å²) in [5.41, 5.74) is 2.32. The molecule has 58 heavy (non-hydrogen) atoms. The first kappa shape index (κ1) is 47.3. The predicted molar refractivity (Wildman–Crippen MR) is 237 cm³/mol. The van der Waals surface area contributed by atoms with Crippen LogP contribution in [0.1, 0.15) is 166 Å². The van der Waals surface area contributed by atoms with Crippen LogP contribution in [0.25, 0.3) is 4.85 Å². The Morgan fingerprint density at radius 2 is 1.72 bits per heavy atom. The van der Waals surface area contributed by atoms with Gasteiger partial charge in [0.1, 0.15) is 12.7 Å². The SMILES string of the molecule is [C-]#[N+]CCOP(OC1CN(C(=O)CCCCCNC(=O)O[C@H]2CC[C@@]3(C)C(=CCC4C3CC[C@@]3(C)C4CC[C@@H]3[C@H](C)CCCC(C)C)C2)CC1C)N(C(C)C)C(C)C. The van der Waals surface area contributed by atoms with Crippen molar-refractivity contribution in [2.24, 2.45) is 52.3 Å². The van der Waals surface area contributed by atoms with Crippen LogP contribution in [0.3, 0.4) is 0 Å². The Kier molecular flexibility index (Phi) is 17.4. The zero-order valence-corrected chi connectivity index (χ0v) is 39.3. The quantitative estimate of drug-likeness (QED) is 0.0569. The third-order valence-electron chi connectivity index (χ3n) is 15.6. The summed E-state index contributed by atoms with van der Waals surface area (Å²) in [5.74, 6) is 5.35. The second-order valence-electron chi connectivity index (χ2n) is 20.7. The fourth-order valence-corrected chi connectivity index (χ4v) is 14.4. The average Bonchev–Trinajstić information content (AvgIpc) is 3.71. The first-order chi connectivity index (χ1) is 27.6. The van der Waals surface area contributed by atoms with Crippen molar-refractivity contribution in [3.63, 3.8) is 0 Å². The molecule has 1 heterocycles. The van der Waals surface area contributed by atoms with E-state index in [1.54, 1.807) is 5.57 Å². The fourth-order valence-electron chi connectivity index (χ4n) is 12.6. The molecule has 0 radical (unpaired) electrons. The molecule has 3 saturated carbocycles. The molecular weight excluding hydrogens is 744 g/mol. The smallest absolute Gasteiger partial charge is 0.407 e. The van der Waals surface area contributed by atoms with Crippen molar-refractivity contribution >= 4 is 20.5 Å². The number of carbonyl (C=O) groups is 2. The maximum Gasteiger partial charge on any atom is 0.407 e. The fraction of sp³-hybridized carbons (Fsp3) is 0.896. The molecule has 9 nitrogen and oxygen atoms in total. The van der Waals surface area contributed by atoms with Crippen LogP contribution < -0.4 is 5.32 Å². The minimum absolute atomic E-state index is 0.0405. The van der Waals surface area contributed by atoms with Gasteiger partial charge in [0, 0.05) is 50.5 Å². The summed E-state index contributed by atoms with van der Waals surface area (Å²) < 4.78 is 21.0. The maximum atomic E-state index is 13.2. The summed E-state index contributed by atoms with van der Waals surface area (Å²) >= 11 is 0. The Morgan fingerprint density at radius 1 is 0.966 bits per heavy atom. The van der Waals surface area contributed by atoms with Crippen molar-refractivity contribution in [1.29, 1.82) is 0 Å². The molecule has 4 aliphatic carbocycles. The number of likely N-dealkylation sites (tertiary alicyclic amines) is 1. The number of allylic oxidation sites excluding steroid dienone is 1. The number of hydrogen-bond donors (Lipinski definition) is 1. The van der Waals surface area contributed by atoms with E-state index in [0.717, 1.165) is 74.0 Å². The number of alkyl carbamates (subject to hydrolysis) is 1. The van der Waals surface area contributed by atoms with Gasteiger partial charge in [-0.15, -0.1) is 0 Å². The van der Waals surface area contributed by atoms with E-state index in [1.165, 1.54) is 51.4 Å². The molecule has 0 spiro atoms. The van der Waals surface area contributed by atoms with Crippen molar-refractivity contribution < 1.29 is 23.4 Å². The molecule has 10 heteroatoms. The molecule has 4 fully saturated rings. The van der Waals surface area contributed by atoms with Crippen LogP contribution in [0.5, 0.6) is 0 Å². The minimum Gasteiger partial charge on any atom is -0.446 e. The third kappa shape index (κ3) is 11.4. The highest BCUT2D eigenvalue weighted by Gasteiger charge is 2.59. The highest BCUT2D eigenvalue weighted by Crippen LogP contribution is 2.67. The molecule has 11 atom stereocenters. The van der Waals surface area contributed by atoms with Gasteiger partial charge in [-0.3, -0.25) is 4.79 Å². The van der Waals surface area contributed by atoms with Gasteiger partial charge >= 0.3 is 6.09 Å². The number of amides is 2. The number of ether oxygens (including phenoxy) is 1. The second kappa shape index (κ2) is 21.4. The molecule has 0 aromatic rings. The molecule has 1 saturated heterocycles. The zero-order chi connectivity index (χ0) is 42.2. The number of nitrogens with zero attached hydrogens (tertiary/aromatic N) is 3. The molecule has 0 aromatic heterocycles. The van der Waals surface area contributed by atoms with Crippen molar-refractivity contribution in [3.05, 3.63) is 23.1 Å². The van der Waals surface area contributed by atoms with Crippen LogP contribution in [0.4, 0.5) is 4.79 Å².